The number of carboxylic acids is 1. The van der Waals surface area contributed by atoms with Crippen molar-refractivity contribution in [1.29, 1.82) is 0 Å². The zero-order valence-electron chi connectivity index (χ0n) is 10.7. The number of piperidine rings is 1. The van der Waals surface area contributed by atoms with E-state index in [0.717, 1.165) is 0 Å². The predicted molar refractivity (Wildman–Crippen MR) is 67.3 cm³/mol. The number of benzene rings is 1. The molecular weight excluding hydrogens is 249 g/mol. The number of hydrogen-bond acceptors (Lipinski definition) is 2. The molecule has 2 atom stereocenters. The smallest absolute Gasteiger partial charge is 0.308 e. The first-order valence-corrected chi connectivity index (χ1v) is 6.29. The average molecular weight is 265 g/mol. The van der Waals surface area contributed by atoms with Crippen molar-refractivity contribution in [3.05, 3.63) is 35.6 Å². The number of halogens is 1. The third-order valence-corrected chi connectivity index (χ3v) is 3.60. The van der Waals surface area contributed by atoms with Crippen LogP contribution >= 0.6 is 0 Å². The van der Waals surface area contributed by atoms with Crippen molar-refractivity contribution < 1.29 is 19.1 Å². The number of rotatable bonds is 2. The molecule has 0 aliphatic carbocycles. The first-order valence-electron chi connectivity index (χ1n) is 6.29. The van der Waals surface area contributed by atoms with Gasteiger partial charge in [-0.1, -0.05) is 12.1 Å². The van der Waals surface area contributed by atoms with Gasteiger partial charge in [0.25, 0.3) is 5.91 Å². The summed E-state index contributed by atoms with van der Waals surface area (Å²) in [5.41, 5.74) is 0.000360. The zero-order valence-corrected chi connectivity index (χ0v) is 10.7. The van der Waals surface area contributed by atoms with E-state index in [4.69, 9.17) is 5.11 Å². The molecule has 1 aliphatic heterocycles. The molecule has 0 saturated carbocycles. The Labute approximate surface area is 110 Å². The quantitative estimate of drug-likeness (QED) is 0.891. The van der Waals surface area contributed by atoms with E-state index < -0.39 is 23.6 Å². The molecule has 1 aliphatic rings. The number of hydrogen-bond donors (Lipinski definition) is 1. The molecule has 1 N–H and O–H groups in total. The Bertz CT molecular complexity index is 503. The van der Waals surface area contributed by atoms with Gasteiger partial charge in [0.1, 0.15) is 5.82 Å². The number of carbonyl (C=O) groups excluding carboxylic acids is 1. The average Bonchev–Trinajstić information content (AvgIpc) is 2.38. The van der Waals surface area contributed by atoms with Crippen LogP contribution in [0.1, 0.15) is 30.1 Å². The SMILES string of the molecule is CC1CCC(C(=O)O)CN1C(=O)c1ccccc1F. The molecule has 1 aromatic carbocycles. The highest BCUT2D eigenvalue weighted by molar-refractivity contribution is 5.95. The molecule has 1 aromatic rings. The molecule has 19 heavy (non-hydrogen) atoms. The summed E-state index contributed by atoms with van der Waals surface area (Å²) in [5.74, 6) is -2.47. The van der Waals surface area contributed by atoms with Crippen LogP contribution in [0.15, 0.2) is 24.3 Å². The molecule has 1 fully saturated rings. The van der Waals surface area contributed by atoms with Crippen LogP contribution in [0.5, 0.6) is 0 Å². The standard InChI is InChI=1S/C14H16FNO3/c1-9-6-7-10(14(18)19)8-16(9)13(17)11-4-2-3-5-12(11)15/h2-5,9-10H,6-8H2,1H3,(H,18,19). The number of amides is 1. The van der Waals surface area contributed by atoms with Gasteiger partial charge in [-0.25, -0.2) is 4.39 Å². The van der Waals surface area contributed by atoms with Crippen molar-refractivity contribution in [2.24, 2.45) is 5.92 Å². The summed E-state index contributed by atoms with van der Waals surface area (Å²) in [5, 5.41) is 9.04. The first kappa shape index (κ1) is 13.5. The van der Waals surface area contributed by atoms with Gasteiger partial charge in [-0.15, -0.1) is 0 Å². The van der Waals surface area contributed by atoms with Crippen molar-refractivity contribution in [3.63, 3.8) is 0 Å². The van der Waals surface area contributed by atoms with Crippen molar-refractivity contribution in [2.45, 2.75) is 25.8 Å². The third-order valence-electron chi connectivity index (χ3n) is 3.60. The number of aliphatic carboxylic acids is 1. The fourth-order valence-electron chi connectivity index (χ4n) is 2.38. The monoisotopic (exact) mass is 265 g/mol. The van der Waals surface area contributed by atoms with Crippen molar-refractivity contribution in [1.82, 2.24) is 4.90 Å². The van der Waals surface area contributed by atoms with Crippen LogP contribution in [0, 0.1) is 11.7 Å². The van der Waals surface area contributed by atoms with Crippen LogP contribution in [0.4, 0.5) is 4.39 Å². The lowest BCUT2D eigenvalue weighted by Crippen LogP contribution is -2.47. The summed E-state index contributed by atoms with van der Waals surface area (Å²) in [6, 6.07) is 5.71. The Hall–Kier alpha value is -1.91. The van der Waals surface area contributed by atoms with E-state index in [2.05, 4.69) is 0 Å². The molecule has 0 aromatic heterocycles. The Kier molecular flexibility index (Phi) is 3.83. The highest BCUT2D eigenvalue weighted by atomic mass is 19.1. The first-order chi connectivity index (χ1) is 9.00. The maximum atomic E-state index is 13.6. The maximum absolute atomic E-state index is 13.6. The number of carbonyl (C=O) groups is 2. The van der Waals surface area contributed by atoms with Crippen molar-refractivity contribution in [2.75, 3.05) is 6.54 Å². The summed E-state index contributed by atoms with van der Waals surface area (Å²) in [4.78, 5) is 24.8. The lowest BCUT2D eigenvalue weighted by molar-refractivity contribution is -0.143. The van der Waals surface area contributed by atoms with Gasteiger partial charge in [0, 0.05) is 12.6 Å². The topological polar surface area (TPSA) is 57.6 Å². The number of nitrogens with zero attached hydrogens (tertiary/aromatic N) is 1. The lowest BCUT2D eigenvalue weighted by Gasteiger charge is -2.36. The molecule has 1 amide bonds. The second kappa shape index (κ2) is 5.38. The van der Waals surface area contributed by atoms with Crippen molar-refractivity contribution in [3.8, 4) is 0 Å². The molecule has 0 bridgehead atoms. The van der Waals surface area contributed by atoms with Crippen LogP contribution in [0.25, 0.3) is 0 Å². The van der Waals surface area contributed by atoms with Gasteiger partial charge in [0.2, 0.25) is 0 Å². The van der Waals surface area contributed by atoms with E-state index in [1.807, 2.05) is 6.92 Å². The molecule has 1 heterocycles. The normalized spacial score (nSPS) is 23.2. The fourth-order valence-corrected chi connectivity index (χ4v) is 2.38. The van der Waals surface area contributed by atoms with Gasteiger partial charge in [-0.3, -0.25) is 9.59 Å². The fraction of sp³-hybridized carbons (Fsp3) is 0.429. The van der Waals surface area contributed by atoms with Crippen molar-refractivity contribution >= 4 is 11.9 Å². The Morgan fingerprint density at radius 2 is 2.00 bits per heavy atom. The summed E-state index contributed by atoms with van der Waals surface area (Å²) in [7, 11) is 0. The van der Waals surface area contributed by atoms with E-state index in [-0.39, 0.29) is 18.2 Å². The maximum Gasteiger partial charge on any atom is 0.308 e. The molecule has 2 rings (SSSR count). The van der Waals surface area contributed by atoms with Crippen LogP contribution in [0.3, 0.4) is 0 Å². The Morgan fingerprint density at radius 1 is 1.32 bits per heavy atom. The minimum absolute atomic E-state index is 0.000360. The van der Waals surface area contributed by atoms with E-state index in [1.165, 1.54) is 23.1 Å². The second-order valence-electron chi connectivity index (χ2n) is 4.90. The van der Waals surface area contributed by atoms with Crippen LogP contribution in [-0.4, -0.2) is 34.5 Å². The molecule has 0 spiro atoms. The highest BCUT2D eigenvalue weighted by Crippen LogP contribution is 2.24. The summed E-state index contributed by atoms with van der Waals surface area (Å²) < 4.78 is 13.6. The van der Waals surface area contributed by atoms with E-state index in [0.29, 0.717) is 12.8 Å². The van der Waals surface area contributed by atoms with E-state index in [9.17, 15) is 14.0 Å². The van der Waals surface area contributed by atoms with Crippen LogP contribution in [0.2, 0.25) is 0 Å². The van der Waals surface area contributed by atoms with Gasteiger partial charge in [-0.05, 0) is 31.9 Å². The molecule has 102 valence electrons. The Morgan fingerprint density at radius 3 is 2.63 bits per heavy atom. The summed E-state index contributed by atoms with van der Waals surface area (Å²) in [6.07, 6.45) is 1.18. The van der Waals surface area contributed by atoms with Gasteiger partial charge < -0.3 is 10.0 Å². The number of likely N-dealkylation sites (tertiary alicyclic amines) is 1. The minimum Gasteiger partial charge on any atom is -0.481 e. The summed E-state index contributed by atoms with van der Waals surface area (Å²) in [6.45, 7) is 2.00. The van der Waals surface area contributed by atoms with Crippen LogP contribution < -0.4 is 0 Å². The summed E-state index contributed by atoms with van der Waals surface area (Å²) >= 11 is 0. The van der Waals surface area contributed by atoms with Gasteiger partial charge >= 0.3 is 5.97 Å². The largest absolute Gasteiger partial charge is 0.481 e. The predicted octanol–water partition coefficient (Wildman–Crippen LogP) is 2.15. The third kappa shape index (κ3) is 2.75. The van der Waals surface area contributed by atoms with Crippen LogP contribution in [-0.2, 0) is 4.79 Å². The highest BCUT2D eigenvalue weighted by Gasteiger charge is 2.33. The van der Waals surface area contributed by atoms with Gasteiger partial charge in [0.05, 0.1) is 11.5 Å². The van der Waals surface area contributed by atoms with Gasteiger partial charge in [-0.2, -0.15) is 0 Å². The van der Waals surface area contributed by atoms with E-state index >= 15 is 0 Å². The number of carboxylic acid groups (broad SMARTS) is 1. The molecule has 2 unspecified atom stereocenters. The van der Waals surface area contributed by atoms with Gasteiger partial charge in [0.15, 0.2) is 0 Å². The molecular formula is C14H16FNO3. The minimum atomic E-state index is -0.904. The molecule has 4 nitrogen and oxygen atoms in total. The molecule has 5 heteroatoms. The zero-order chi connectivity index (χ0) is 14.0. The molecule has 1 saturated heterocycles. The Balaban J connectivity index is 2.22. The second-order valence-corrected chi connectivity index (χ2v) is 4.90. The molecule has 0 radical (unpaired) electrons. The lowest BCUT2D eigenvalue weighted by atomic mass is 9.93. The van der Waals surface area contributed by atoms with E-state index in [1.54, 1.807) is 6.07 Å².